The first-order chi connectivity index (χ1) is 14.6. The highest BCUT2D eigenvalue weighted by Gasteiger charge is 2.36. The topological polar surface area (TPSA) is 106 Å². The molecule has 9 nitrogen and oxygen atoms in total. The molecule has 2 atom stereocenters. The van der Waals surface area contributed by atoms with Crippen LogP contribution in [-0.2, 0) is 13.1 Å². The summed E-state index contributed by atoms with van der Waals surface area (Å²) in [6.07, 6.45) is 4.71. The van der Waals surface area contributed by atoms with Crippen LogP contribution >= 0.6 is 0 Å². The average Bonchev–Trinajstić information content (AvgIpc) is 3.39. The standard InChI is InChI=1S/C20H20FN7O2/c21-16-6-17(28(10-16)20(30)15-8-22-13-23-9-15)11-27-12-18(25-26-27)19(29)24-7-14-4-2-1-3-5-14/h1-5,8-9,12-13,16-17H,6-7,10-11H2,(H,24,29). The van der Waals surface area contributed by atoms with Crippen LogP contribution in [0.1, 0.15) is 32.8 Å². The van der Waals surface area contributed by atoms with Crippen molar-refractivity contribution >= 4 is 11.8 Å². The van der Waals surface area contributed by atoms with E-state index < -0.39 is 12.2 Å². The van der Waals surface area contributed by atoms with Gasteiger partial charge in [-0.2, -0.15) is 0 Å². The highest BCUT2D eigenvalue weighted by Crippen LogP contribution is 2.23. The number of amides is 2. The molecule has 1 fully saturated rings. The Kier molecular flexibility index (Phi) is 5.73. The molecular formula is C20H20FN7O2. The molecule has 2 aromatic heterocycles. The summed E-state index contributed by atoms with van der Waals surface area (Å²) in [5, 5.41) is 10.7. The van der Waals surface area contributed by atoms with Crippen molar-refractivity contribution in [2.45, 2.75) is 31.7 Å². The molecule has 1 N–H and O–H groups in total. The second kappa shape index (κ2) is 8.76. The van der Waals surface area contributed by atoms with Crippen molar-refractivity contribution < 1.29 is 14.0 Å². The van der Waals surface area contributed by atoms with Crippen LogP contribution < -0.4 is 5.32 Å². The Balaban J connectivity index is 1.39. The number of rotatable bonds is 6. The number of halogens is 1. The van der Waals surface area contributed by atoms with Gasteiger partial charge in [-0.05, 0) is 5.56 Å². The van der Waals surface area contributed by atoms with Crippen molar-refractivity contribution in [3.63, 3.8) is 0 Å². The third-order valence-corrected chi connectivity index (χ3v) is 4.90. The van der Waals surface area contributed by atoms with Crippen molar-refractivity contribution in [3.05, 3.63) is 72.1 Å². The van der Waals surface area contributed by atoms with Crippen LogP contribution in [0.4, 0.5) is 4.39 Å². The maximum Gasteiger partial charge on any atom is 0.273 e. The molecule has 0 aliphatic carbocycles. The molecule has 3 heterocycles. The van der Waals surface area contributed by atoms with Gasteiger partial charge in [0.15, 0.2) is 5.69 Å². The SMILES string of the molecule is O=C(NCc1ccccc1)c1cn(CC2CC(F)CN2C(=O)c2cncnc2)nn1. The van der Waals surface area contributed by atoms with Crippen molar-refractivity contribution in [2.75, 3.05) is 6.54 Å². The van der Waals surface area contributed by atoms with E-state index in [4.69, 9.17) is 0 Å². The molecule has 2 amide bonds. The molecular weight excluding hydrogens is 389 g/mol. The predicted molar refractivity (Wildman–Crippen MR) is 104 cm³/mol. The first-order valence-corrected chi connectivity index (χ1v) is 9.52. The van der Waals surface area contributed by atoms with Crippen LogP contribution in [0.25, 0.3) is 0 Å². The van der Waals surface area contributed by atoms with Crippen molar-refractivity contribution in [1.82, 2.24) is 35.2 Å². The van der Waals surface area contributed by atoms with Crippen molar-refractivity contribution in [2.24, 2.45) is 0 Å². The lowest BCUT2D eigenvalue weighted by atomic mass is 10.2. The number of hydrogen-bond acceptors (Lipinski definition) is 6. The Morgan fingerprint density at radius 2 is 1.93 bits per heavy atom. The van der Waals surface area contributed by atoms with E-state index in [1.54, 1.807) is 0 Å². The zero-order valence-corrected chi connectivity index (χ0v) is 16.1. The minimum atomic E-state index is -1.12. The number of carbonyl (C=O) groups excluding carboxylic acids is 2. The highest BCUT2D eigenvalue weighted by molar-refractivity contribution is 5.94. The van der Waals surface area contributed by atoms with E-state index in [2.05, 4.69) is 25.6 Å². The van der Waals surface area contributed by atoms with Gasteiger partial charge in [0.1, 0.15) is 12.5 Å². The fourth-order valence-electron chi connectivity index (χ4n) is 3.43. The van der Waals surface area contributed by atoms with Crippen molar-refractivity contribution in [1.29, 1.82) is 0 Å². The molecule has 0 saturated carbocycles. The summed E-state index contributed by atoms with van der Waals surface area (Å²) < 4.78 is 15.5. The van der Waals surface area contributed by atoms with E-state index in [9.17, 15) is 14.0 Å². The van der Waals surface area contributed by atoms with E-state index in [-0.39, 0.29) is 37.0 Å². The molecule has 1 aliphatic heterocycles. The number of alkyl halides is 1. The lowest BCUT2D eigenvalue weighted by Crippen LogP contribution is -2.38. The molecule has 3 aromatic rings. The van der Waals surface area contributed by atoms with Crippen LogP contribution in [0.5, 0.6) is 0 Å². The number of nitrogens with zero attached hydrogens (tertiary/aromatic N) is 6. The summed E-state index contributed by atoms with van der Waals surface area (Å²) >= 11 is 0. The Labute approximate surface area is 171 Å². The summed E-state index contributed by atoms with van der Waals surface area (Å²) in [6.45, 7) is 0.608. The third kappa shape index (κ3) is 4.48. The normalized spacial score (nSPS) is 18.4. The third-order valence-electron chi connectivity index (χ3n) is 4.90. The van der Waals surface area contributed by atoms with E-state index >= 15 is 0 Å². The number of benzene rings is 1. The fourth-order valence-corrected chi connectivity index (χ4v) is 3.43. The molecule has 1 saturated heterocycles. The lowest BCUT2D eigenvalue weighted by Gasteiger charge is -2.23. The van der Waals surface area contributed by atoms with Gasteiger partial charge >= 0.3 is 0 Å². The van der Waals surface area contributed by atoms with Crippen LogP contribution in [0.15, 0.2) is 55.2 Å². The van der Waals surface area contributed by atoms with E-state index in [1.807, 2.05) is 30.3 Å². The summed E-state index contributed by atoms with van der Waals surface area (Å²) in [4.78, 5) is 34.2. The van der Waals surface area contributed by atoms with Gasteiger partial charge in [-0.3, -0.25) is 9.59 Å². The summed E-state index contributed by atoms with van der Waals surface area (Å²) in [7, 11) is 0. The number of likely N-dealkylation sites (tertiary alicyclic amines) is 1. The maximum atomic E-state index is 14.1. The van der Waals surface area contributed by atoms with E-state index in [1.165, 1.54) is 34.5 Å². The molecule has 1 aromatic carbocycles. The van der Waals surface area contributed by atoms with Gasteiger partial charge in [-0.15, -0.1) is 5.10 Å². The minimum Gasteiger partial charge on any atom is -0.347 e. The van der Waals surface area contributed by atoms with Gasteiger partial charge < -0.3 is 10.2 Å². The average molecular weight is 409 g/mol. The predicted octanol–water partition coefficient (Wildman–Crippen LogP) is 1.25. The maximum absolute atomic E-state index is 14.1. The van der Waals surface area contributed by atoms with Gasteiger partial charge in [0.05, 0.1) is 30.9 Å². The molecule has 10 heteroatoms. The monoisotopic (exact) mass is 409 g/mol. The number of nitrogens with one attached hydrogen (secondary N) is 1. The summed E-state index contributed by atoms with van der Waals surface area (Å²) in [6, 6.07) is 9.11. The second-order valence-corrected chi connectivity index (χ2v) is 7.07. The minimum absolute atomic E-state index is 0.00247. The second-order valence-electron chi connectivity index (χ2n) is 7.07. The molecule has 1 aliphatic rings. The van der Waals surface area contributed by atoms with Gasteiger partial charge in [0.2, 0.25) is 0 Å². The number of hydrogen-bond donors (Lipinski definition) is 1. The largest absolute Gasteiger partial charge is 0.347 e. The zero-order valence-electron chi connectivity index (χ0n) is 16.1. The first-order valence-electron chi connectivity index (χ1n) is 9.52. The number of aromatic nitrogens is 5. The van der Waals surface area contributed by atoms with Crippen LogP contribution in [0.3, 0.4) is 0 Å². The van der Waals surface area contributed by atoms with Crippen LogP contribution in [-0.4, -0.2) is 60.4 Å². The Morgan fingerprint density at radius 3 is 2.70 bits per heavy atom. The Hall–Kier alpha value is -3.69. The van der Waals surface area contributed by atoms with Gasteiger partial charge in [0, 0.05) is 25.4 Å². The van der Waals surface area contributed by atoms with Gasteiger partial charge in [-0.25, -0.2) is 19.0 Å². The summed E-state index contributed by atoms with van der Waals surface area (Å²) in [5.74, 6) is -0.684. The highest BCUT2D eigenvalue weighted by atomic mass is 19.1. The molecule has 0 radical (unpaired) electrons. The van der Waals surface area contributed by atoms with Gasteiger partial charge in [-0.1, -0.05) is 35.5 Å². The first kappa shape index (κ1) is 19.6. The van der Waals surface area contributed by atoms with Crippen molar-refractivity contribution in [3.8, 4) is 0 Å². The van der Waals surface area contributed by atoms with Crippen LogP contribution in [0.2, 0.25) is 0 Å². The van der Waals surface area contributed by atoms with Gasteiger partial charge in [0.25, 0.3) is 11.8 Å². The molecule has 0 spiro atoms. The van der Waals surface area contributed by atoms with E-state index in [0.29, 0.717) is 12.1 Å². The lowest BCUT2D eigenvalue weighted by molar-refractivity contribution is 0.0713. The zero-order chi connectivity index (χ0) is 20.9. The Bertz CT molecular complexity index is 1010. The molecule has 0 bridgehead atoms. The smallest absolute Gasteiger partial charge is 0.273 e. The number of carbonyl (C=O) groups is 2. The molecule has 154 valence electrons. The molecule has 2 unspecified atom stereocenters. The Morgan fingerprint density at radius 1 is 1.17 bits per heavy atom. The fraction of sp³-hybridized carbons (Fsp3) is 0.300. The molecule has 30 heavy (non-hydrogen) atoms. The quantitative estimate of drug-likeness (QED) is 0.657. The molecule has 4 rings (SSSR count). The van der Waals surface area contributed by atoms with Crippen LogP contribution in [0, 0.1) is 0 Å². The summed E-state index contributed by atoms with van der Waals surface area (Å²) in [5.41, 5.74) is 1.43. The van der Waals surface area contributed by atoms with E-state index in [0.717, 1.165) is 5.56 Å².